The van der Waals surface area contributed by atoms with Crippen LogP contribution >= 0.6 is 34.8 Å². The predicted molar refractivity (Wildman–Crippen MR) is 97.0 cm³/mol. The SMILES string of the molecule is OC(c1ccc(Cl)cc1Cl)C(Oc1ccc(Cl)cc1)n1cccc1. The number of nitrogens with zero attached hydrogens (tertiary/aromatic N) is 1. The van der Waals surface area contributed by atoms with Crippen LogP contribution in [0.25, 0.3) is 0 Å². The largest absolute Gasteiger partial charge is 0.467 e. The Hall–Kier alpha value is -1.65. The minimum Gasteiger partial charge on any atom is -0.467 e. The first-order valence-electron chi connectivity index (χ1n) is 7.22. The van der Waals surface area contributed by atoms with Gasteiger partial charge in [-0.15, -0.1) is 0 Å². The first-order chi connectivity index (χ1) is 11.5. The maximum Gasteiger partial charge on any atom is 0.206 e. The minimum atomic E-state index is -0.988. The van der Waals surface area contributed by atoms with Crippen LogP contribution in [0.1, 0.15) is 17.9 Å². The summed E-state index contributed by atoms with van der Waals surface area (Å²) in [5.41, 5.74) is 0.536. The van der Waals surface area contributed by atoms with Gasteiger partial charge >= 0.3 is 0 Å². The number of hydrogen-bond acceptors (Lipinski definition) is 2. The maximum absolute atomic E-state index is 10.8. The van der Waals surface area contributed by atoms with Gasteiger partial charge < -0.3 is 14.4 Å². The second-order valence-corrected chi connectivity index (χ2v) is 6.48. The molecule has 0 saturated heterocycles. The van der Waals surface area contributed by atoms with E-state index in [9.17, 15) is 5.11 Å². The third-order valence-corrected chi connectivity index (χ3v) is 4.36. The molecule has 0 amide bonds. The van der Waals surface area contributed by atoms with Crippen molar-refractivity contribution >= 4 is 34.8 Å². The number of hydrogen-bond donors (Lipinski definition) is 1. The number of ether oxygens (including phenoxy) is 1. The molecule has 1 aromatic heterocycles. The van der Waals surface area contributed by atoms with E-state index in [1.165, 1.54) is 0 Å². The molecule has 0 bridgehead atoms. The first kappa shape index (κ1) is 17.2. The molecule has 2 atom stereocenters. The normalized spacial score (nSPS) is 13.5. The molecule has 24 heavy (non-hydrogen) atoms. The fourth-order valence-corrected chi connectivity index (χ4v) is 3.00. The molecule has 0 saturated carbocycles. The van der Waals surface area contributed by atoms with Crippen molar-refractivity contribution in [1.82, 2.24) is 4.57 Å². The van der Waals surface area contributed by atoms with E-state index in [1.807, 2.05) is 24.5 Å². The van der Waals surface area contributed by atoms with Crippen LogP contribution in [-0.4, -0.2) is 9.67 Å². The lowest BCUT2D eigenvalue weighted by Crippen LogP contribution is -2.22. The molecule has 3 nitrogen and oxygen atoms in total. The Labute approximate surface area is 155 Å². The zero-order valence-corrected chi connectivity index (χ0v) is 14.7. The summed E-state index contributed by atoms with van der Waals surface area (Å²) in [7, 11) is 0. The lowest BCUT2D eigenvalue weighted by molar-refractivity contribution is -0.0111. The van der Waals surface area contributed by atoms with Crippen LogP contribution in [0.5, 0.6) is 5.75 Å². The molecule has 0 radical (unpaired) electrons. The molecule has 0 fully saturated rings. The number of rotatable bonds is 5. The van der Waals surface area contributed by atoms with Crippen LogP contribution in [-0.2, 0) is 0 Å². The van der Waals surface area contributed by atoms with E-state index in [-0.39, 0.29) is 0 Å². The third-order valence-electron chi connectivity index (χ3n) is 3.54. The fraction of sp³-hybridized carbons (Fsp3) is 0.111. The molecule has 2 aromatic carbocycles. The summed E-state index contributed by atoms with van der Waals surface area (Å²) >= 11 is 18.1. The highest BCUT2D eigenvalue weighted by atomic mass is 35.5. The van der Waals surface area contributed by atoms with Crippen molar-refractivity contribution in [2.45, 2.75) is 12.3 Å². The minimum absolute atomic E-state index is 0.381. The summed E-state index contributed by atoms with van der Waals surface area (Å²) in [6.07, 6.45) is 1.94. The summed E-state index contributed by atoms with van der Waals surface area (Å²) in [4.78, 5) is 0. The van der Waals surface area contributed by atoms with Crippen molar-refractivity contribution < 1.29 is 9.84 Å². The van der Waals surface area contributed by atoms with Crippen molar-refractivity contribution in [3.05, 3.63) is 87.6 Å². The summed E-state index contributed by atoms with van der Waals surface area (Å²) in [6.45, 7) is 0. The molecular weight excluding hydrogens is 369 g/mol. The molecule has 1 N–H and O–H groups in total. The molecule has 0 spiro atoms. The van der Waals surface area contributed by atoms with E-state index in [1.54, 1.807) is 47.0 Å². The van der Waals surface area contributed by atoms with E-state index in [2.05, 4.69) is 0 Å². The van der Waals surface area contributed by atoms with Crippen LogP contribution < -0.4 is 4.74 Å². The topological polar surface area (TPSA) is 34.4 Å². The molecular formula is C18H14Cl3NO2. The monoisotopic (exact) mass is 381 g/mol. The second kappa shape index (κ2) is 7.49. The Kier molecular flexibility index (Phi) is 5.36. The van der Waals surface area contributed by atoms with Gasteiger partial charge in [0.1, 0.15) is 11.9 Å². The van der Waals surface area contributed by atoms with Gasteiger partial charge in [-0.3, -0.25) is 0 Å². The van der Waals surface area contributed by atoms with Gasteiger partial charge in [0.05, 0.1) is 0 Å². The van der Waals surface area contributed by atoms with Gasteiger partial charge in [0.15, 0.2) is 0 Å². The molecule has 3 rings (SSSR count). The Bertz CT molecular complexity index is 804. The summed E-state index contributed by atoms with van der Waals surface area (Å²) in [6, 6.07) is 15.6. The summed E-state index contributed by atoms with van der Waals surface area (Å²) in [5.74, 6) is 0.585. The van der Waals surface area contributed by atoms with Crippen molar-refractivity contribution in [3.8, 4) is 5.75 Å². The van der Waals surface area contributed by atoms with Crippen molar-refractivity contribution in [2.75, 3.05) is 0 Å². The number of benzene rings is 2. The molecule has 1 heterocycles. The average Bonchev–Trinajstić information content (AvgIpc) is 3.08. The highest BCUT2D eigenvalue weighted by Crippen LogP contribution is 2.34. The van der Waals surface area contributed by atoms with E-state index in [4.69, 9.17) is 39.5 Å². The summed E-state index contributed by atoms with van der Waals surface area (Å²) < 4.78 is 7.75. The van der Waals surface area contributed by atoms with Gasteiger partial charge in [0, 0.05) is 33.0 Å². The van der Waals surface area contributed by atoms with E-state index < -0.39 is 12.3 Å². The highest BCUT2D eigenvalue weighted by Gasteiger charge is 2.26. The van der Waals surface area contributed by atoms with Gasteiger partial charge in [0.25, 0.3) is 0 Å². The first-order valence-corrected chi connectivity index (χ1v) is 8.35. The van der Waals surface area contributed by atoms with Crippen molar-refractivity contribution in [1.29, 1.82) is 0 Å². The Morgan fingerprint density at radius 2 is 1.50 bits per heavy atom. The van der Waals surface area contributed by atoms with E-state index in [0.29, 0.717) is 26.4 Å². The van der Waals surface area contributed by atoms with E-state index >= 15 is 0 Å². The quantitative estimate of drug-likeness (QED) is 0.609. The molecule has 0 aliphatic heterocycles. The van der Waals surface area contributed by atoms with Gasteiger partial charge in [-0.2, -0.15) is 0 Å². The molecule has 124 valence electrons. The Balaban J connectivity index is 1.93. The highest BCUT2D eigenvalue weighted by molar-refractivity contribution is 6.35. The van der Waals surface area contributed by atoms with Crippen LogP contribution in [0.4, 0.5) is 0 Å². The molecule has 0 aliphatic carbocycles. The van der Waals surface area contributed by atoms with Crippen molar-refractivity contribution in [3.63, 3.8) is 0 Å². The summed E-state index contributed by atoms with van der Waals surface area (Å²) in [5, 5.41) is 12.3. The Morgan fingerprint density at radius 1 is 0.875 bits per heavy atom. The number of aromatic nitrogens is 1. The Morgan fingerprint density at radius 3 is 2.12 bits per heavy atom. The molecule has 2 unspecified atom stereocenters. The van der Waals surface area contributed by atoms with Gasteiger partial charge in [-0.05, 0) is 48.5 Å². The fourth-order valence-electron chi connectivity index (χ4n) is 2.35. The second-order valence-electron chi connectivity index (χ2n) is 5.20. The maximum atomic E-state index is 10.8. The zero-order valence-electron chi connectivity index (χ0n) is 12.4. The zero-order chi connectivity index (χ0) is 17.1. The van der Waals surface area contributed by atoms with Crippen molar-refractivity contribution in [2.24, 2.45) is 0 Å². The number of halogens is 3. The molecule has 0 aliphatic rings. The van der Waals surface area contributed by atoms with Crippen LogP contribution in [0.3, 0.4) is 0 Å². The number of aliphatic hydroxyl groups excluding tert-OH is 1. The van der Waals surface area contributed by atoms with Gasteiger partial charge in [0.2, 0.25) is 6.23 Å². The third kappa shape index (κ3) is 3.87. The molecule has 3 aromatic rings. The standard InChI is InChI=1S/C18H14Cl3NO2/c19-12-3-6-14(7-4-12)24-18(22-9-1-2-10-22)17(23)15-8-5-13(20)11-16(15)21/h1-11,17-18,23H. The lowest BCUT2D eigenvalue weighted by Gasteiger charge is -2.26. The predicted octanol–water partition coefficient (Wildman–Crippen LogP) is 5.76. The van der Waals surface area contributed by atoms with Crippen LogP contribution in [0.2, 0.25) is 15.1 Å². The molecule has 6 heteroatoms. The van der Waals surface area contributed by atoms with Gasteiger partial charge in [-0.25, -0.2) is 0 Å². The lowest BCUT2D eigenvalue weighted by atomic mass is 10.1. The smallest absolute Gasteiger partial charge is 0.206 e. The van der Waals surface area contributed by atoms with Gasteiger partial charge in [-0.1, -0.05) is 40.9 Å². The van der Waals surface area contributed by atoms with Crippen LogP contribution in [0.15, 0.2) is 67.0 Å². The average molecular weight is 383 g/mol. The van der Waals surface area contributed by atoms with Crippen LogP contribution in [0, 0.1) is 0 Å². The van der Waals surface area contributed by atoms with E-state index in [0.717, 1.165) is 0 Å². The number of aliphatic hydroxyl groups is 1.